The van der Waals surface area contributed by atoms with E-state index in [2.05, 4.69) is 26.1 Å². The summed E-state index contributed by atoms with van der Waals surface area (Å²) < 4.78 is 0. The molecule has 0 radical (unpaired) electrons. The number of nitrogen functional groups attached to an aromatic ring is 1. The van der Waals surface area contributed by atoms with Crippen molar-refractivity contribution in [3.8, 4) is 0 Å². The van der Waals surface area contributed by atoms with E-state index in [1.54, 1.807) is 24.3 Å². The van der Waals surface area contributed by atoms with E-state index in [1.807, 2.05) is 13.8 Å². The Hall–Kier alpha value is -1.68. The van der Waals surface area contributed by atoms with Gasteiger partial charge in [-0.3, -0.25) is 4.79 Å². The fraction of sp³-hybridized carbons (Fsp3) is 0.529. The smallest absolute Gasteiger partial charge is 0.166 e. The molecule has 0 bridgehead atoms. The maximum Gasteiger partial charge on any atom is 0.166 e. The lowest BCUT2D eigenvalue weighted by Crippen LogP contribution is -2.37. The number of nitrogens with one attached hydrogen (secondary N) is 1. The highest BCUT2D eigenvalue weighted by atomic mass is 16.1. The van der Waals surface area contributed by atoms with Crippen LogP contribution < -0.4 is 11.1 Å². The molecule has 0 spiro atoms. The van der Waals surface area contributed by atoms with Gasteiger partial charge in [-0.05, 0) is 18.1 Å². The number of nitrogens with two attached hydrogens (primary N) is 1. The van der Waals surface area contributed by atoms with Gasteiger partial charge in [0.15, 0.2) is 5.78 Å². The van der Waals surface area contributed by atoms with Crippen molar-refractivity contribution in [2.75, 3.05) is 5.73 Å². The molecule has 21 heavy (non-hydrogen) atoms. The van der Waals surface area contributed by atoms with Crippen molar-refractivity contribution < 1.29 is 9.59 Å². The van der Waals surface area contributed by atoms with Crippen LogP contribution in [0.1, 0.15) is 51.4 Å². The van der Waals surface area contributed by atoms with Crippen molar-refractivity contribution >= 4 is 17.8 Å². The predicted octanol–water partition coefficient (Wildman–Crippen LogP) is 3.07. The molecule has 0 aliphatic carbocycles. The quantitative estimate of drug-likeness (QED) is 0.480. The monoisotopic (exact) mass is 292 g/mol. The van der Waals surface area contributed by atoms with E-state index in [9.17, 15) is 9.59 Å². The lowest BCUT2D eigenvalue weighted by molar-refractivity contribution is -0.109. The van der Waals surface area contributed by atoms with E-state index < -0.39 is 6.04 Å². The predicted molar refractivity (Wildman–Crippen MR) is 88.4 cm³/mol. The summed E-state index contributed by atoms with van der Waals surface area (Å²) in [5.74, 6) is 0.716. The normalized spacial score (nSPS) is 11.8. The Morgan fingerprint density at radius 1 is 1.19 bits per heavy atom. The first kappa shape index (κ1) is 19.3. The van der Waals surface area contributed by atoms with Crippen molar-refractivity contribution in [3.63, 3.8) is 0 Å². The second kappa shape index (κ2) is 10.1. The third-order valence-electron chi connectivity index (χ3n) is 2.38. The van der Waals surface area contributed by atoms with Crippen LogP contribution in [0.3, 0.4) is 0 Å². The molecular formula is C17H28N2O2. The van der Waals surface area contributed by atoms with Crippen LogP contribution in [-0.2, 0) is 4.79 Å². The van der Waals surface area contributed by atoms with Gasteiger partial charge in [0, 0.05) is 23.7 Å². The first-order valence-corrected chi connectivity index (χ1v) is 7.37. The lowest BCUT2D eigenvalue weighted by atomic mass is 10.0. The van der Waals surface area contributed by atoms with Gasteiger partial charge in [0.1, 0.15) is 6.29 Å². The molecular weight excluding hydrogens is 264 g/mol. The molecule has 1 unspecified atom stereocenters. The third kappa shape index (κ3) is 8.97. The molecule has 1 aromatic rings. The van der Waals surface area contributed by atoms with Crippen molar-refractivity contribution in [2.45, 2.75) is 53.1 Å². The molecule has 0 heterocycles. The number of benzene rings is 1. The number of Topliss-reactive ketones (excluding diaryl/α,β-unsaturated/α-hetero) is 1. The van der Waals surface area contributed by atoms with E-state index >= 15 is 0 Å². The van der Waals surface area contributed by atoms with Crippen LogP contribution in [0.25, 0.3) is 0 Å². The second-order valence-corrected chi connectivity index (χ2v) is 6.01. The number of hydrogen-bond acceptors (Lipinski definition) is 4. The summed E-state index contributed by atoms with van der Waals surface area (Å²) in [4.78, 5) is 22.8. The number of carbonyl (C=O) groups is 2. The molecule has 3 N–H and O–H groups in total. The highest BCUT2D eigenvalue weighted by Gasteiger charge is 2.16. The molecule has 4 nitrogen and oxygen atoms in total. The maximum absolute atomic E-state index is 11.9. The van der Waals surface area contributed by atoms with Crippen LogP contribution in [0, 0.1) is 5.92 Å². The van der Waals surface area contributed by atoms with Crippen molar-refractivity contribution in [1.82, 2.24) is 5.32 Å². The van der Waals surface area contributed by atoms with Crippen LogP contribution >= 0.6 is 0 Å². The van der Waals surface area contributed by atoms with E-state index in [4.69, 9.17) is 5.73 Å². The first-order valence-electron chi connectivity index (χ1n) is 7.37. The van der Waals surface area contributed by atoms with E-state index in [0.29, 0.717) is 11.3 Å². The molecule has 0 aliphatic heterocycles. The molecule has 0 amide bonds. The number of ketones is 1. The van der Waals surface area contributed by atoms with E-state index in [-0.39, 0.29) is 18.2 Å². The molecule has 118 valence electrons. The fourth-order valence-corrected chi connectivity index (χ4v) is 1.64. The maximum atomic E-state index is 11.9. The fourth-order valence-electron chi connectivity index (χ4n) is 1.64. The van der Waals surface area contributed by atoms with Crippen LogP contribution in [-0.4, -0.2) is 24.2 Å². The Morgan fingerprint density at radius 3 is 2.14 bits per heavy atom. The SMILES string of the molecule is CC(C)C.CC(C)NC(C=O)CC(=O)c1ccccc1N. The number of carbonyl (C=O) groups excluding carboxylic acids is 2. The summed E-state index contributed by atoms with van der Waals surface area (Å²) >= 11 is 0. The van der Waals surface area contributed by atoms with Gasteiger partial charge in [0.2, 0.25) is 0 Å². The van der Waals surface area contributed by atoms with Gasteiger partial charge in [-0.1, -0.05) is 46.8 Å². The van der Waals surface area contributed by atoms with Gasteiger partial charge in [-0.25, -0.2) is 0 Å². The topological polar surface area (TPSA) is 72.2 Å². The highest BCUT2D eigenvalue weighted by molar-refractivity contribution is 6.02. The number of rotatable bonds is 6. The van der Waals surface area contributed by atoms with Gasteiger partial charge in [0.25, 0.3) is 0 Å². The molecule has 0 saturated heterocycles. The minimum atomic E-state index is -0.456. The number of hydrogen-bond donors (Lipinski definition) is 2. The second-order valence-electron chi connectivity index (χ2n) is 6.01. The number of anilines is 1. The van der Waals surface area contributed by atoms with E-state index in [1.165, 1.54) is 0 Å². The van der Waals surface area contributed by atoms with Crippen molar-refractivity contribution in [3.05, 3.63) is 29.8 Å². The van der Waals surface area contributed by atoms with Gasteiger partial charge < -0.3 is 15.8 Å². The summed E-state index contributed by atoms with van der Waals surface area (Å²) in [7, 11) is 0. The molecule has 0 aliphatic rings. The molecule has 1 atom stereocenters. The minimum Gasteiger partial charge on any atom is -0.398 e. The molecule has 4 heteroatoms. The molecule has 0 aromatic heterocycles. The summed E-state index contributed by atoms with van der Waals surface area (Å²) in [6.45, 7) is 10.4. The Kier molecular flexibility index (Phi) is 9.30. The Morgan fingerprint density at radius 2 is 1.71 bits per heavy atom. The van der Waals surface area contributed by atoms with Crippen LogP contribution in [0.5, 0.6) is 0 Å². The largest absolute Gasteiger partial charge is 0.398 e. The van der Waals surface area contributed by atoms with Gasteiger partial charge in [-0.2, -0.15) is 0 Å². The van der Waals surface area contributed by atoms with Crippen molar-refractivity contribution in [1.29, 1.82) is 0 Å². The Labute approximate surface area is 128 Å². The van der Waals surface area contributed by atoms with Gasteiger partial charge in [0.05, 0.1) is 6.04 Å². The summed E-state index contributed by atoms with van der Waals surface area (Å²) in [6, 6.07) is 6.59. The third-order valence-corrected chi connectivity index (χ3v) is 2.38. The standard InChI is InChI=1S/C13H18N2O2.C4H10/c1-9(2)15-10(8-16)7-13(17)11-5-3-4-6-12(11)14;1-4(2)3/h3-6,8-10,15H,7,14H2,1-2H3;4H,1-3H3. The van der Waals surface area contributed by atoms with E-state index in [0.717, 1.165) is 12.2 Å². The lowest BCUT2D eigenvalue weighted by Gasteiger charge is -2.15. The van der Waals surface area contributed by atoms with Crippen LogP contribution in [0.4, 0.5) is 5.69 Å². The summed E-state index contributed by atoms with van der Waals surface area (Å²) in [6.07, 6.45) is 0.896. The molecule has 0 fully saturated rings. The molecule has 0 saturated carbocycles. The van der Waals surface area contributed by atoms with Crippen LogP contribution in [0.2, 0.25) is 0 Å². The summed E-state index contributed by atoms with van der Waals surface area (Å²) in [5, 5.41) is 3.02. The van der Waals surface area contributed by atoms with Crippen LogP contribution in [0.15, 0.2) is 24.3 Å². The highest BCUT2D eigenvalue weighted by Crippen LogP contribution is 2.13. The zero-order chi connectivity index (χ0) is 16.4. The number of para-hydroxylation sites is 1. The first-order chi connectivity index (χ1) is 9.77. The average molecular weight is 292 g/mol. The minimum absolute atomic E-state index is 0.117. The zero-order valence-corrected chi connectivity index (χ0v) is 13.7. The number of aldehydes is 1. The Balaban J connectivity index is 0.000000885. The van der Waals surface area contributed by atoms with Gasteiger partial charge >= 0.3 is 0 Å². The molecule has 1 rings (SSSR count). The van der Waals surface area contributed by atoms with Crippen molar-refractivity contribution in [2.24, 2.45) is 5.92 Å². The Bertz CT molecular complexity index is 439. The van der Waals surface area contributed by atoms with Gasteiger partial charge in [-0.15, -0.1) is 0 Å². The zero-order valence-electron chi connectivity index (χ0n) is 13.7. The average Bonchev–Trinajstić information content (AvgIpc) is 2.37. The molecule has 1 aromatic carbocycles. The summed E-state index contributed by atoms with van der Waals surface area (Å²) in [5.41, 5.74) is 6.64.